The summed E-state index contributed by atoms with van der Waals surface area (Å²) in [5.41, 5.74) is 2.39. The normalized spacial score (nSPS) is 11.9. The molecule has 0 bridgehead atoms. The van der Waals surface area contributed by atoms with Crippen LogP contribution in [0.1, 0.15) is 11.4 Å². The third-order valence-corrected chi connectivity index (χ3v) is 5.00. The number of halogens is 1. The SMILES string of the molecule is Cc1nc2ccccn2c1CNS(=O)(=O)c1cccc(Cl)c1. The van der Waals surface area contributed by atoms with E-state index >= 15 is 0 Å². The molecule has 0 spiro atoms. The zero-order valence-corrected chi connectivity index (χ0v) is 13.4. The number of hydrogen-bond donors (Lipinski definition) is 1. The van der Waals surface area contributed by atoms with Gasteiger partial charge >= 0.3 is 0 Å². The molecule has 0 saturated heterocycles. The Morgan fingerprint density at radius 2 is 2.05 bits per heavy atom. The number of nitrogens with zero attached hydrogens (tertiary/aromatic N) is 2. The molecule has 3 rings (SSSR count). The number of hydrogen-bond acceptors (Lipinski definition) is 3. The van der Waals surface area contributed by atoms with Crippen molar-refractivity contribution in [2.75, 3.05) is 0 Å². The molecule has 22 heavy (non-hydrogen) atoms. The molecule has 0 atom stereocenters. The topological polar surface area (TPSA) is 63.5 Å². The van der Waals surface area contributed by atoms with Crippen LogP contribution in [0.3, 0.4) is 0 Å². The van der Waals surface area contributed by atoms with Crippen LogP contribution >= 0.6 is 11.6 Å². The molecule has 0 saturated carbocycles. The van der Waals surface area contributed by atoms with Gasteiger partial charge in [-0.1, -0.05) is 23.7 Å². The molecule has 3 aromatic rings. The van der Waals surface area contributed by atoms with E-state index in [4.69, 9.17) is 11.6 Å². The lowest BCUT2D eigenvalue weighted by Crippen LogP contribution is -2.24. The largest absolute Gasteiger partial charge is 0.302 e. The number of imidazole rings is 1. The van der Waals surface area contributed by atoms with Crippen LogP contribution < -0.4 is 4.72 Å². The number of sulfonamides is 1. The van der Waals surface area contributed by atoms with Gasteiger partial charge in [-0.15, -0.1) is 0 Å². The van der Waals surface area contributed by atoms with Gasteiger partial charge in [-0.3, -0.25) is 0 Å². The molecule has 0 aliphatic rings. The van der Waals surface area contributed by atoms with Crippen molar-refractivity contribution in [1.82, 2.24) is 14.1 Å². The number of benzene rings is 1. The van der Waals surface area contributed by atoms with Crippen molar-refractivity contribution in [3.8, 4) is 0 Å². The van der Waals surface area contributed by atoms with E-state index in [0.717, 1.165) is 17.0 Å². The monoisotopic (exact) mass is 335 g/mol. The second-order valence-electron chi connectivity index (χ2n) is 4.85. The van der Waals surface area contributed by atoms with Crippen molar-refractivity contribution >= 4 is 27.3 Å². The van der Waals surface area contributed by atoms with E-state index in [1.165, 1.54) is 12.1 Å². The van der Waals surface area contributed by atoms with E-state index < -0.39 is 10.0 Å². The highest BCUT2D eigenvalue weighted by Crippen LogP contribution is 2.17. The average Bonchev–Trinajstić information content (AvgIpc) is 2.80. The molecule has 0 amide bonds. The van der Waals surface area contributed by atoms with Crippen LogP contribution in [0.5, 0.6) is 0 Å². The van der Waals surface area contributed by atoms with E-state index in [9.17, 15) is 8.42 Å². The minimum atomic E-state index is -3.62. The van der Waals surface area contributed by atoms with Gasteiger partial charge in [-0.25, -0.2) is 18.1 Å². The number of aromatic nitrogens is 2. The standard InChI is InChI=1S/C15H14ClN3O2S/c1-11-14(19-8-3-2-7-15(19)18-11)10-17-22(20,21)13-6-4-5-12(16)9-13/h2-9,17H,10H2,1H3. The Balaban J connectivity index is 1.89. The van der Waals surface area contributed by atoms with Crippen LogP contribution in [0.25, 0.3) is 5.65 Å². The predicted molar refractivity (Wildman–Crippen MR) is 85.4 cm³/mol. The summed E-state index contributed by atoms with van der Waals surface area (Å²) in [6.07, 6.45) is 1.86. The molecule has 5 nitrogen and oxygen atoms in total. The van der Waals surface area contributed by atoms with Crippen LogP contribution in [0, 0.1) is 6.92 Å². The van der Waals surface area contributed by atoms with Crippen molar-refractivity contribution < 1.29 is 8.42 Å². The van der Waals surface area contributed by atoms with Crippen LogP contribution in [-0.4, -0.2) is 17.8 Å². The molecule has 2 heterocycles. The Hall–Kier alpha value is -1.89. The number of nitrogens with one attached hydrogen (secondary N) is 1. The summed E-state index contributed by atoms with van der Waals surface area (Å²) < 4.78 is 29.1. The van der Waals surface area contributed by atoms with Gasteiger partial charge in [0.15, 0.2) is 0 Å². The van der Waals surface area contributed by atoms with Crippen molar-refractivity contribution in [2.24, 2.45) is 0 Å². The molecule has 0 aliphatic carbocycles. The number of rotatable bonds is 4. The first-order valence-corrected chi connectivity index (χ1v) is 8.51. The van der Waals surface area contributed by atoms with Gasteiger partial charge in [-0.2, -0.15) is 0 Å². The molecule has 7 heteroatoms. The lowest BCUT2D eigenvalue weighted by Gasteiger charge is -2.08. The Morgan fingerprint density at radius 3 is 2.82 bits per heavy atom. The highest BCUT2D eigenvalue weighted by molar-refractivity contribution is 7.89. The predicted octanol–water partition coefficient (Wildman–Crippen LogP) is 2.77. The first kappa shape index (κ1) is 15.0. The Bertz CT molecular complexity index is 935. The van der Waals surface area contributed by atoms with Gasteiger partial charge in [0.25, 0.3) is 0 Å². The molecule has 114 valence electrons. The fraction of sp³-hybridized carbons (Fsp3) is 0.133. The molecular formula is C15H14ClN3O2S. The van der Waals surface area contributed by atoms with E-state index in [0.29, 0.717) is 5.02 Å². The highest BCUT2D eigenvalue weighted by Gasteiger charge is 2.16. The molecule has 0 radical (unpaired) electrons. The van der Waals surface area contributed by atoms with Crippen molar-refractivity contribution in [3.63, 3.8) is 0 Å². The van der Waals surface area contributed by atoms with E-state index in [-0.39, 0.29) is 11.4 Å². The van der Waals surface area contributed by atoms with Gasteiger partial charge in [0.1, 0.15) is 5.65 Å². The van der Waals surface area contributed by atoms with Crippen LogP contribution in [0.15, 0.2) is 53.6 Å². The van der Waals surface area contributed by atoms with Gasteiger partial charge in [0.2, 0.25) is 10.0 Å². The Morgan fingerprint density at radius 1 is 1.23 bits per heavy atom. The molecule has 0 aliphatic heterocycles. The van der Waals surface area contributed by atoms with Crippen LogP contribution in [0.2, 0.25) is 5.02 Å². The summed E-state index contributed by atoms with van der Waals surface area (Å²) in [5.74, 6) is 0. The molecule has 1 N–H and O–H groups in total. The maximum atomic E-state index is 12.3. The minimum Gasteiger partial charge on any atom is -0.302 e. The highest BCUT2D eigenvalue weighted by atomic mass is 35.5. The maximum Gasteiger partial charge on any atom is 0.240 e. The van der Waals surface area contributed by atoms with E-state index in [1.807, 2.05) is 35.7 Å². The van der Waals surface area contributed by atoms with E-state index in [2.05, 4.69) is 9.71 Å². The third kappa shape index (κ3) is 2.85. The second kappa shape index (κ2) is 5.72. The summed E-state index contributed by atoms with van der Waals surface area (Å²) in [6, 6.07) is 11.8. The Labute approximate surface area is 133 Å². The number of pyridine rings is 1. The fourth-order valence-electron chi connectivity index (χ4n) is 2.26. The van der Waals surface area contributed by atoms with Gasteiger partial charge in [0.05, 0.1) is 22.8 Å². The minimum absolute atomic E-state index is 0.145. The number of fused-ring (bicyclic) bond motifs is 1. The van der Waals surface area contributed by atoms with E-state index in [1.54, 1.807) is 12.1 Å². The smallest absolute Gasteiger partial charge is 0.240 e. The fourth-order valence-corrected chi connectivity index (χ4v) is 3.55. The average molecular weight is 336 g/mol. The second-order valence-corrected chi connectivity index (χ2v) is 7.06. The van der Waals surface area contributed by atoms with Gasteiger partial charge < -0.3 is 4.40 Å². The lowest BCUT2D eigenvalue weighted by atomic mass is 10.3. The lowest BCUT2D eigenvalue weighted by molar-refractivity contribution is 0.580. The third-order valence-electron chi connectivity index (χ3n) is 3.37. The summed E-state index contributed by atoms with van der Waals surface area (Å²) in [7, 11) is -3.62. The van der Waals surface area contributed by atoms with Gasteiger partial charge in [-0.05, 0) is 37.3 Å². The quantitative estimate of drug-likeness (QED) is 0.797. The van der Waals surface area contributed by atoms with Crippen LogP contribution in [0.4, 0.5) is 0 Å². The van der Waals surface area contributed by atoms with Gasteiger partial charge in [0, 0.05) is 11.2 Å². The molecule has 0 fully saturated rings. The molecule has 2 aromatic heterocycles. The summed E-state index contributed by atoms with van der Waals surface area (Å²) in [5, 5.41) is 0.383. The first-order chi connectivity index (χ1) is 10.5. The van der Waals surface area contributed by atoms with Crippen LogP contribution in [-0.2, 0) is 16.6 Å². The summed E-state index contributed by atoms with van der Waals surface area (Å²) in [6.45, 7) is 2.02. The molecular weight excluding hydrogens is 322 g/mol. The molecule has 0 unspecified atom stereocenters. The first-order valence-electron chi connectivity index (χ1n) is 6.65. The maximum absolute atomic E-state index is 12.3. The van der Waals surface area contributed by atoms with Crippen molar-refractivity contribution in [2.45, 2.75) is 18.4 Å². The number of aryl methyl sites for hydroxylation is 1. The molecule has 1 aromatic carbocycles. The zero-order chi connectivity index (χ0) is 15.7. The summed E-state index contributed by atoms with van der Waals surface area (Å²) >= 11 is 5.85. The Kier molecular flexibility index (Phi) is 3.90. The summed E-state index contributed by atoms with van der Waals surface area (Å²) in [4.78, 5) is 4.55. The van der Waals surface area contributed by atoms with Crippen molar-refractivity contribution in [1.29, 1.82) is 0 Å². The zero-order valence-electron chi connectivity index (χ0n) is 11.8. The van der Waals surface area contributed by atoms with Crippen molar-refractivity contribution in [3.05, 3.63) is 65.1 Å².